The fourth-order valence-electron chi connectivity index (χ4n) is 4.44. The van der Waals surface area contributed by atoms with Gasteiger partial charge in [-0.25, -0.2) is 0 Å². The van der Waals surface area contributed by atoms with E-state index in [9.17, 15) is 4.79 Å². The molecule has 3 heterocycles. The summed E-state index contributed by atoms with van der Waals surface area (Å²) in [6.45, 7) is 1.35. The van der Waals surface area contributed by atoms with E-state index < -0.39 is 0 Å². The van der Waals surface area contributed by atoms with E-state index in [-0.39, 0.29) is 11.3 Å². The third-order valence-corrected chi connectivity index (χ3v) is 6.26. The summed E-state index contributed by atoms with van der Waals surface area (Å²) in [5.41, 5.74) is 0.325. The molecule has 130 valence electrons. The van der Waals surface area contributed by atoms with Gasteiger partial charge in [0.2, 0.25) is 11.8 Å². The van der Waals surface area contributed by atoms with Gasteiger partial charge in [-0.15, -0.1) is 10.2 Å². The average molecular weight is 359 g/mol. The quantitative estimate of drug-likeness (QED) is 0.842. The topological polar surface area (TPSA) is 72.1 Å². The van der Waals surface area contributed by atoms with Crippen LogP contribution in [0.2, 0.25) is 5.02 Å². The molecule has 25 heavy (non-hydrogen) atoms. The Bertz CT molecular complexity index is 834. The Balaban J connectivity index is 1.44. The average Bonchev–Trinajstić information content (AvgIpc) is 3.05. The SMILES string of the molecule is O=C(c1ccncc1Cl)N1C[C@@H]2CCC[C@]2(c2nnc(C3CC3)o2)C1. The third-order valence-electron chi connectivity index (χ3n) is 5.95. The fourth-order valence-corrected chi connectivity index (χ4v) is 4.64. The predicted octanol–water partition coefficient (Wildman–Crippen LogP) is 3.19. The van der Waals surface area contributed by atoms with Crippen molar-refractivity contribution in [3.63, 3.8) is 0 Å². The van der Waals surface area contributed by atoms with Crippen molar-refractivity contribution in [2.24, 2.45) is 5.92 Å². The molecule has 7 heteroatoms. The Hall–Kier alpha value is -1.95. The highest BCUT2D eigenvalue weighted by atomic mass is 35.5. The molecular formula is C18H19ClN4O2. The van der Waals surface area contributed by atoms with E-state index in [0.29, 0.717) is 29.0 Å². The predicted molar refractivity (Wildman–Crippen MR) is 90.4 cm³/mol. The first kappa shape index (κ1) is 15.3. The van der Waals surface area contributed by atoms with Gasteiger partial charge in [0.05, 0.1) is 16.0 Å². The molecular weight excluding hydrogens is 340 g/mol. The summed E-state index contributed by atoms with van der Waals surface area (Å²) in [5.74, 6) is 2.30. The minimum Gasteiger partial charge on any atom is -0.424 e. The number of aromatic nitrogens is 3. The zero-order valence-electron chi connectivity index (χ0n) is 13.8. The number of rotatable bonds is 3. The van der Waals surface area contributed by atoms with Gasteiger partial charge in [0.15, 0.2) is 0 Å². The van der Waals surface area contributed by atoms with Crippen molar-refractivity contribution in [3.05, 3.63) is 40.8 Å². The van der Waals surface area contributed by atoms with Crippen LogP contribution in [0.15, 0.2) is 22.9 Å². The van der Waals surface area contributed by atoms with E-state index >= 15 is 0 Å². The van der Waals surface area contributed by atoms with Gasteiger partial charge in [-0.2, -0.15) is 0 Å². The molecule has 0 aromatic carbocycles. The summed E-state index contributed by atoms with van der Waals surface area (Å²) in [6.07, 6.45) is 8.64. The van der Waals surface area contributed by atoms with E-state index in [4.69, 9.17) is 16.0 Å². The largest absolute Gasteiger partial charge is 0.424 e. The van der Waals surface area contributed by atoms with Gasteiger partial charge in [0.25, 0.3) is 5.91 Å². The highest BCUT2D eigenvalue weighted by Crippen LogP contribution is 2.51. The van der Waals surface area contributed by atoms with E-state index in [1.807, 2.05) is 4.90 Å². The number of halogens is 1. The van der Waals surface area contributed by atoms with Crippen molar-refractivity contribution in [2.45, 2.75) is 43.4 Å². The fraction of sp³-hybridized carbons (Fsp3) is 0.556. The molecule has 2 atom stereocenters. The Morgan fingerprint density at radius 1 is 1.32 bits per heavy atom. The van der Waals surface area contributed by atoms with Crippen molar-refractivity contribution in [3.8, 4) is 0 Å². The number of nitrogens with zero attached hydrogens (tertiary/aromatic N) is 4. The van der Waals surface area contributed by atoms with Gasteiger partial charge in [-0.3, -0.25) is 9.78 Å². The zero-order valence-corrected chi connectivity index (χ0v) is 14.6. The van der Waals surface area contributed by atoms with Gasteiger partial charge in [0, 0.05) is 31.4 Å². The first-order valence-electron chi connectivity index (χ1n) is 8.90. The second-order valence-corrected chi connectivity index (χ2v) is 7.91. The molecule has 1 saturated heterocycles. The second-order valence-electron chi connectivity index (χ2n) is 7.51. The van der Waals surface area contributed by atoms with Crippen LogP contribution in [0.5, 0.6) is 0 Å². The first-order chi connectivity index (χ1) is 12.2. The van der Waals surface area contributed by atoms with Crippen molar-refractivity contribution in [1.82, 2.24) is 20.1 Å². The maximum atomic E-state index is 12.9. The molecule has 3 aliphatic rings. The number of hydrogen-bond donors (Lipinski definition) is 0. The summed E-state index contributed by atoms with van der Waals surface area (Å²) < 4.78 is 6.06. The maximum absolute atomic E-state index is 12.9. The van der Waals surface area contributed by atoms with Crippen LogP contribution in [0.1, 0.15) is 60.2 Å². The van der Waals surface area contributed by atoms with Crippen molar-refractivity contribution in [2.75, 3.05) is 13.1 Å². The smallest absolute Gasteiger partial charge is 0.255 e. The molecule has 0 bridgehead atoms. The highest BCUT2D eigenvalue weighted by Gasteiger charge is 2.55. The number of pyridine rings is 1. The van der Waals surface area contributed by atoms with Gasteiger partial charge in [-0.05, 0) is 37.7 Å². The lowest BCUT2D eigenvalue weighted by molar-refractivity contribution is 0.0775. The summed E-state index contributed by atoms with van der Waals surface area (Å²) in [7, 11) is 0. The summed E-state index contributed by atoms with van der Waals surface area (Å²) in [5, 5.41) is 9.05. The van der Waals surface area contributed by atoms with Crippen LogP contribution in [0.4, 0.5) is 0 Å². The Morgan fingerprint density at radius 2 is 2.20 bits per heavy atom. The van der Waals surface area contributed by atoms with Crippen LogP contribution in [0.3, 0.4) is 0 Å². The number of carbonyl (C=O) groups excluding carboxylic acids is 1. The summed E-state index contributed by atoms with van der Waals surface area (Å²) >= 11 is 6.16. The number of fused-ring (bicyclic) bond motifs is 1. The van der Waals surface area contributed by atoms with E-state index in [0.717, 1.165) is 50.4 Å². The number of amides is 1. The van der Waals surface area contributed by atoms with Gasteiger partial charge < -0.3 is 9.32 Å². The minimum absolute atomic E-state index is 0.0388. The molecule has 2 saturated carbocycles. The van der Waals surface area contributed by atoms with Crippen LogP contribution in [0, 0.1) is 5.92 Å². The molecule has 2 aromatic heterocycles. The van der Waals surface area contributed by atoms with Crippen LogP contribution in [-0.4, -0.2) is 39.1 Å². The van der Waals surface area contributed by atoms with Crippen molar-refractivity contribution >= 4 is 17.5 Å². The van der Waals surface area contributed by atoms with Crippen LogP contribution >= 0.6 is 11.6 Å². The molecule has 6 nitrogen and oxygen atoms in total. The van der Waals surface area contributed by atoms with Crippen LogP contribution in [-0.2, 0) is 5.41 Å². The van der Waals surface area contributed by atoms with E-state index in [2.05, 4.69) is 15.2 Å². The number of hydrogen-bond acceptors (Lipinski definition) is 5. The molecule has 1 amide bonds. The number of likely N-dealkylation sites (tertiary alicyclic amines) is 1. The molecule has 0 radical (unpaired) electrons. The van der Waals surface area contributed by atoms with Crippen molar-refractivity contribution < 1.29 is 9.21 Å². The van der Waals surface area contributed by atoms with Crippen LogP contribution in [0.25, 0.3) is 0 Å². The normalized spacial score (nSPS) is 28.4. The molecule has 5 rings (SSSR count). The second kappa shape index (κ2) is 5.53. The molecule has 0 N–H and O–H groups in total. The molecule has 0 unspecified atom stereocenters. The molecule has 1 aliphatic heterocycles. The number of carbonyl (C=O) groups is 1. The Morgan fingerprint density at radius 3 is 3.00 bits per heavy atom. The summed E-state index contributed by atoms with van der Waals surface area (Å²) in [4.78, 5) is 18.8. The first-order valence-corrected chi connectivity index (χ1v) is 9.28. The summed E-state index contributed by atoms with van der Waals surface area (Å²) in [6, 6.07) is 1.68. The van der Waals surface area contributed by atoms with E-state index in [1.165, 1.54) is 6.20 Å². The molecule has 2 aromatic rings. The maximum Gasteiger partial charge on any atom is 0.255 e. The van der Waals surface area contributed by atoms with Gasteiger partial charge >= 0.3 is 0 Å². The zero-order chi connectivity index (χ0) is 17.0. The highest BCUT2D eigenvalue weighted by molar-refractivity contribution is 6.33. The Labute approximate surface area is 150 Å². The van der Waals surface area contributed by atoms with Crippen LogP contribution < -0.4 is 0 Å². The Kier molecular flexibility index (Phi) is 3.39. The molecule has 0 spiro atoms. The molecule has 2 aliphatic carbocycles. The van der Waals surface area contributed by atoms with E-state index in [1.54, 1.807) is 12.3 Å². The monoisotopic (exact) mass is 358 g/mol. The standard InChI is InChI=1S/C18H19ClN4O2/c19-14-8-20-7-5-13(14)16(24)23-9-12-2-1-6-18(12,10-23)17-22-21-15(25-17)11-3-4-11/h5,7-8,11-12H,1-4,6,9-10H2/t12-,18-/m0/s1. The molecule has 3 fully saturated rings. The van der Waals surface area contributed by atoms with Gasteiger partial charge in [-0.1, -0.05) is 18.0 Å². The third kappa shape index (κ3) is 2.38. The lowest BCUT2D eigenvalue weighted by Crippen LogP contribution is -2.35. The lowest BCUT2D eigenvalue weighted by Gasteiger charge is -2.24. The van der Waals surface area contributed by atoms with Gasteiger partial charge in [0.1, 0.15) is 0 Å². The van der Waals surface area contributed by atoms with Crippen molar-refractivity contribution in [1.29, 1.82) is 0 Å². The minimum atomic E-state index is -0.185. The lowest BCUT2D eigenvalue weighted by atomic mass is 9.80.